The third-order valence-electron chi connectivity index (χ3n) is 3.21. The zero-order chi connectivity index (χ0) is 16.8. The number of nitrogens with zero attached hydrogens (tertiary/aromatic N) is 1. The van der Waals surface area contributed by atoms with E-state index in [2.05, 4.69) is 21.7 Å². The van der Waals surface area contributed by atoms with Crippen molar-refractivity contribution in [1.82, 2.24) is 10.3 Å². The van der Waals surface area contributed by atoms with E-state index < -0.39 is 0 Å². The van der Waals surface area contributed by atoms with Crippen LogP contribution in [0.4, 0.5) is 4.39 Å². The fourth-order valence-electron chi connectivity index (χ4n) is 1.99. The van der Waals surface area contributed by atoms with Crippen LogP contribution in [-0.4, -0.2) is 16.6 Å². The maximum Gasteiger partial charge on any atom is 0.230 e. The number of thioether (sulfide) groups is 1. The highest BCUT2D eigenvalue weighted by atomic mass is 32.2. The van der Waals surface area contributed by atoms with Crippen molar-refractivity contribution >= 4 is 40.3 Å². The number of nitrogens with one attached hydrogen (secondary N) is 1. The molecule has 0 aliphatic carbocycles. The van der Waals surface area contributed by atoms with Gasteiger partial charge >= 0.3 is 0 Å². The van der Waals surface area contributed by atoms with E-state index in [9.17, 15) is 9.18 Å². The minimum Gasteiger partial charge on any atom is -0.351 e. The molecule has 0 saturated carbocycles. The Kier molecular flexibility index (Phi) is 6.01. The molecule has 1 amide bonds. The lowest BCUT2D eigenvalue weighted by Crippen LogP contribution is -2.24. The molecule has 0 spiro atoms. The maximum absolute atomic E-state index is 12.8. The Hall–Kier alpha value is -1.70. The van der Waals surface area contributed by atoms with Gasteiger partial charge < -0.3 is 5.32 Å². The minimum absolute atomic E-state index is 0.0300. The second kappa shape index (κ2) is 8.41. The van der Waals surface area contributed by atoms with Crippen molar-refractivity contribution in [1.29, 1.82) is 0 Å². The van der Waals surface area contributed by atoms with Crippen LogP contribution in [0.2, 0.25) is 0 Å². The zero-order valence-corrected chi connectivity index (χ0v) is 15.1. The highest BCUT2D eigenvalue weighted by molar-refractivity contribution is 7.99. The van der Waals surface area contributed by atoms with Gasteiger partial charge in [0.05, 0.1) is 11.4 Å². The summed E-state index contributed by atoms with van der Waals surface area (Å²) < 4.78 is 12.8. The van der Waals surface area contributed by atoms with Gasteiger partial charge in [-0.25, -0.2) is 9.37 Å². The van der Waals surface area contributed by atoms with E-state index in [-0.39, 0.29) is 11.7 Å². The first kappa shape index (κ1) is 17.1. The van der Waals surface area contributed by atoms with Gasteiger partial charge in [0.25, 0.3) is 0 Å². The molecule has 124 valence electrons. The van der Waals surface area contributed by atoms with E-state index in [1.165, 1.54) is 23.9 Å². The lowest BCUT2D eigenvalue weighted by molar-refractivity contribution is -0.118. The molecule has 0 fully saturated rings. The van der Waals surface area contributed by atoms with Crippen molar-refractivity contribution in [2.75, 3.05) is 5.75 Å². The Labute approximate surface area is 152 Å². The largest absolute Gasteiger partial charge is 0.351 e. The molecule has 3 nitrogen and oxygen atoms in total. The molecular weight excluding hydrogens is 363 g/mol. The maximum atomic E-state index is 12.8. The number of aromatic nitrogens is 1. The van der Waals surface area contributed by atoms with Crippen molar-refractivity contribution < 1.29 is 9.18 Å². The summed E-state index contributed by atoms with van der Waals surface area (Å²) in [5.74, 6) is 0.792. The van der Waals surface area contributed by atoms with Gasteiger partial charge in [-0.15, -0.1) is 23.1 Å². The third kappa shape index (κ3) is 4.90. The molecule has 1 aromatic carbocycles. The first-order valence-electron chi connectivity index (χ1n) is 7.26. The predicted octanol–water partition coefficient (Wildman–Crippen LogP) is 4.56. The van der Waals surface area contributed by atoms with Crippen LogP contribution in [-0.2, 0) is 17.1 Å². The summed E-state index contributed by atoms with van der Waals surface area (Å²) in [5, 5.41) is 10.0. The van der Waals surface area contributed by atoms with Crippen LogP contribution in [0.3, 0.4) is 0 Å². The summed E-state index contributed by atoms with van der Waals surface area (Å²) in [4.78, 5) is 16.4. The third-order valence-corrected chi connectivity index (χ3v) is 5.80. The van der Waals surface area contributed by atoms with E-state index in [1.807, 2.05) is 10.8 Å². The molecule has 0 radical (unpaired) electrons. The number of rotatable bonds is 7. The number of thiazole rings is 1. The average Bonchev–Trinajstić information content (AvgIpc) is 3.25. The number of carbonyl (C=O) groups excluding carboxylic acids is 1. The quantitative estimate of drug-likeness (QED) is 0.655. The lowest BCUT2D eigenvalue weighted by atomic mass is 10.2. The lowest BCUT2D eigenvalue weighted by Gasteiger charge is -2.05. The Balaban J connectivity index is 1.40. The number of amides is 1. The fraction of sp³-hybridized carbons (Fsp3) is 0.176. The number of hydrogen-bond donors (Lipinski definition) is 1. The standard InChI is InChI=1S/C17H15FN2OS3/c18-14-3-1-12(2-4-14)7-19-16(21)11-23-9-15-10-24-17(20-15)13-5-6-22-8-13/h1-6,8,10H,7,9,11H2,(H,19,21). The summed E-state index contributed by atoms with van der Waals surface area (Å²) in [6.45, 7) is 0.415. The molecule has 2 aromatic heterocycles. The smallest absolute Gasteiger partial charge is 0.230 e. The Bertz CT molecular complexity index is 785. The predicted molar refractivity (Wildman–Crippen MR) is 99.8 cm³/mol. The summed E-state index contributed by atoms with van der Waals surface area (Å²) >= 11 is 4.82. The van der Waals surface area contributed by atoms with Gasteiger partial charge in [-0.3, -0.25) is 4.79 Å². The van der Waals surface area contributed by atoms with Crippen LogP contribution in [0.5, 0.6) is 0 Å². The van der Waals surface area contributed by atoms with E-state index >= 15 is 0 Å². The van der Waals surface area contributed by atoms with E-state index in [0.717, 1.165) is 21.8 Å². The van der Waals surface area contributed by atoms with Gasteiger partial charge in [-0.2, -0.15) is 11.3 Å². The number of carbonyl (C=O) groups is 1. The molecule has 2 heterocycles. The summed E-state index contributed by atoms with van der Waals surface area (Å²) in [6, 6.07) is 8.18. The number of thiophene rings is 1. The molecular formula is C17H15FN2OS3. The summed E-state index contributed by atoms with van der Waals surface area (Å²) in [6.07, 6.45) is 0. The number of benzene rings is 1. The molecule has 0 bridgehead atoms. The van der Waals surface area contributed by atoms with Crippen LogP contribution >= 0.6 is 34.4 Å². The van der Waals surface area contributed by atoms with Crippen molar-refractivity contribution in [3.05, 3.63) is 63.5 Å². The molecule has 24 heavy (non-hydrogen) atoms. The Morgan fingerprint density at radius 1 is 1.21 bits per heavy atom. The summed E-state index contributed by atoms with van der Waals surface area (Å²) in [7, 11) is 0. The monoisotopic (exact) mass is 378 g/mol. The normalized spacial score (nSPS) is 10.7. The van der Waals surface area contributed by atoms with Gasteiger partial charge in [-0.05, 0) is 29.1 Å². The summed E-state index contributed by atoms with van der Waals surface area (Å²) in [5.41, 5.74) is 3.03. The average molecular weight is 379 g/mol. The van der Waals surface area contributed by atoms with Crippen molar-refractivity contribution in [2.45, 2.75) is 12.3 Å². The Morgan fingerprint density at radius 3 is 2.79 bits per heavy atom. The molecule has 0 unspecified atom stereocenters. The first-order chi connectivity index (χ1) is 11.7. The number of hydrogen-bond acceptors (Lipinski definition) is 5. The van der Waals surface area contributed by atoms with Gasteiger partial charge in [0.1, 0.15) is 10.8 Å². The SMILES string of the molecule is O=C(CSCc1csc(-c2ccsc2)n1)NCc1ccc(F)cc1. The van der Waals surface area contributed by atoms with Gasteiger partial charge in [-0.1, -0.05) is 12.1 Å². The van der Waals surface area contributed by atoms with Crippen molar-refractivity contribution in [3.8, 4) is 10.6 Å². The molecule has 0 atom stereocenters. The van der Waals surface area contributed by atoms with Crippen LogP contribution in [0.15, 0.2) is 46.5 Å². The Morgan fingerprint density at radius 2 is 2.04 bits per heavy atom. The van der Waals surface area contributed by atoms with Crippen LogP contribution in [0.1, 0.15) is 11.3 Å². The van der Waals surface area contributed by atoms with Crippen LogP contribution < -0.4 is 5.32 Å². The minimum atomic E-state index is -0.272. The molecule has 3 rings (SSSR count). The molecule has 3 aromatic rings. The van der Waals surface area contributed by atoms with E-state index in [0.29, 0.717) is 18.1 Å². The van der Waals surface area contributed by atoms with E-state index in [4.69, 9.17) is 0 Å². The highest BCUT2D eigenvalue weighted by Gasteiger charge is 2.07. The fourth-order valence-corrected chi connectivity index (χ4v) is 4.38. The van der Waals surface area contributed by atoms with Gasteiger partial charge in [0.15, 0.2) is 0 Å². The second-order valence-corrected chi connectivity index (χ2v) is 7.68. The number of halogens is 1. The van der Waals surface area contributed by atoms with Gasteiger partial charge in [0.2, 0.25) is 5.91 Å². The van der Waals surface area contributed by atoms with Gasteiger partial charge in [0, 0.05) is 28.6 Å². The first-order valence-corrected chi connectivity index (χ1v) is 10.2. The van der Waals surface area contributed by atoms with E-state index in [1.54, 1.807) is 34.8 Å². The van der Waals surface area contributed by atoms with Crippen LogP contribution in [0.25, 0.3) is 10.6 Å². The van der Waals surface area contributed by atoms with Crippen LogP contribution in [0, 0.1) is 5.82 Å². The topological polar surface area (TPSA) is 42.0 Å². The molecule has 0 saturated heterocycles. The molecule has 7 heteroatoms. The molecule has 1 N–H and O–H groups in total. The second-order valence-electron chi connectivity index (χ2n) is 5.05. The van der Waals surface area contributed by atoms with Crippen molar-refractivity contribution in [2.24, 2.45) is 0 Å². The zero-order valence-electron chi connectivity index (χ0n) is 12.7. The van der Waals surface area contributed by atoms with Crippen molar-refractivity contribution in [3.63, 3.8) is 0 Å². The molecule has 0 aliphatic heterocycles. The molecule has 0 aliphatic rings. The highest BCUT2D eigenvalue weighted by Crippen LogP contribution is 2.27.